The molecule has 0 radical (unpaired) electrons. The topological polar surface area (TPSA) is 75.0 Å². The molecule has 2 fully saturated rings. The van der Waals surface area contributed by atoms with Gasteiger partial charge in [0.1, 0.15) is 11.3 Å². The minimum Gasteiger partial charge on any atom is -0.467 e. The van der Waals surface area contributed by atoms with Crippen molar-refractivity contribution in [1.29, 1.82) is 0 Å². The number of hydrogen-bond acceptors (Lipinski definition) is 6. The Kier molecular flexibility index (Phi) is 5.23. The van der Waals surface area contributed by atoms with Crippen molar-refractivity contribution in [1.82, 2.24) is 10.2 Å². The van der Waals surface area contributed by atoms with Gasteiger partial charge in [-0.15, -0.1) is 0 Å². The van der Waals surface area contributed by atoms with Gasteiger partial charge in [0.25, 0.3) is 11.8 Å². The van der Waals surface area contributed by atoms with Crippen molar-refractivity contribution < 1.29 is 18.7 Å². The summed E-state index contributed by atoms with van der Waals surface area (Å²) in [5, 5.41) is 2.65. The number of nitrogens with one attached hydrogen (secondary N) is 1. The molecule has 144 valence electrons. The fourth-order valence-electron chi connectivity index (χ4n) is 3.17. The fraction of sp³-hybridized carbons (Fsp3) is 0.250. The van der Waals surface area contributed by atoms with Crippen LogP contribution in [-0.2, 0) is 20.9 Å². The smallest absolute Gasteiger partial charge is 0.266 e. The van der Waals surface area contributed by atoms with Gasteiger partial charge in [-0.25, -0.2) is 0 Å². The lowest BCUT2D eigenvalue weighted by Gasteiger charge is -2.29. The molecule has 0 spiro atoms. The van der Waals surface area contributed by atoms with E-state index in [2.05, 4.69) is 10.2 Å². The first-order valence-corrected chi connectivity index (χ1v) is 9.36. The van der Waals surface area contributed by atoms with Crippen LogP contribution >= 0.6 is 12.2 Å². The minimum absolute atomic E-state index is 0.0410. The van der Waals surface area contributed by atoms with Crippen molar-refractivity contribution in [3.63, 3.8) is 0 Å². The number of hydrogen-bond donors (Lipinski definition) is 1. The number of rotatable bonds is 4. The highest BCUT2D eigenvalue weighted by molar-refractivity contribution is 7.80. The number of amides is 2. The lowest BCUT2D eigenvalue weighted by Crippen LogP contribution is -2.53. The molecule has 2 amide bonds. The molecule has 2 aliphatic rings. The van der Waals surface area contributed by atoms with Crippen LogP contribution in [0.25, 0.3) is 6.08 Å². The average molecular weight is 397 g/mol. The van der Waals surface area contributed by atoms with Crippen molar-refractivity contribution >= 4 is 40.9 Å². The Morgan fingerprint density at radius 2 is 1.86 bits per heavy atom. The molecular formula is C20H19N3O4S. The largest absolute Gasteiger partial charge is 0.467 e. The molecular weight excluding hydrogens is 378 g/mol. The molecule has 0 bridgehead atoms. The van der Waals surface area contributed by atoms with Crippen molar-refractivity contribution in [2.75, 3.05) is 31.2 Å². The molecule has 2 saturated heterocycles. The number of ether oxygens (including phenoxy) is 1. The highest BCUT2D eigenvalue weighted by Crippen LogP contribution is 2.20. The van der Waals surface area contributed by atoms with E-state index in [9.17, 15) is 9.59 Å². The standard InChI is InChI=1S/C20H19N3O4S/c24-18-17(19(25)23(20(28)21-18)13-16-2-1-9-27-16)12-14-3-5-15(6-4-14)22-7-10-26-11-8-22/h1-6,9,12H,7-8,10-11,13H2,(H,21,24,28). The van der Waals surface area contributed by atoms with Crippen molar-refractivity contribution in [3.8, 4) is 0 Å². The van der Waals surface area contributed by atoms with Gasteiger partial charge in [0, 0.05) is 18.8 Å². The highest BCUT2D eigenvalue weighted by atomic mass is 32.1. The van der Waals surface area contributed by atoms with Crippen LogP contribution in [0.15, 0.2) is 52.7 Å². The van der Waals surface area contributed by atoms with Gasteiger partial charge >= 0.3 is 0 Å². The number of benzene rings is 1. The maximum absolute atomic E-state index is 12.8. The Bertz CT molecular complexity index is 915. The Labute approximate surface area is 167 Å². The third kappa shape index (κ3) is 3.83. The van der Waals surface area contributed by atoms with E-state index in [0.717, 1.165) is 24.3 Å². The zero-order chi connectivity index (χ0) is 19.5. The first-order chi connectivity index (χ1) is 13.6. The quantitative estimate of drug-likeness (QED) is 0.483. The number of furan rings is 1. The van der Waals surface area contributed by atoms with Crippen molar-refractivity contribution in [2.45, 2.75) is 6.54 Å². The number of morpholine rings is 1. The van der Waals surface area contributed by atoms with Crippen molar-refractivity contribution in [3.05, 3.63) is 59.6 Å². The number of carbonyl (C=O) groups excluding carboxylic acids is 2. The predicted octanol–water partition coefficient (Wildman–Crippen LogP) is 1.94. The van der Waals surface area contributed by atoms with Crippen LogP contribution in [0.2, 0.25) is 0 Å². The summed E-state index contributed by atoms with van der Waals surface area (Å²) in [6, 6.07) is 11.2. The lowest BCUT2D eigenvalue weighted by molar-refractivity contribution is -0.129. The highest BCUT2D eigenvalue weighted by Gasteiger charge is 2.33. The van der Waals surface area contributed by atoms with Crippen LogP contribution in [0, 0.1) is 0 Å². The molecule has 2 aliphatic heterocycles. The van der Waals surface area contributed by atoms with Gasteiger partial charge in [-0.1, -0.05) is 12.1 Å². The monoisotopic (exact) mass is 397 g/mol. The maximum Gasteiger partial charge on any atom is 0.266 e. The van der Waals surface area contributed by atoms with Crippen LogP contribution in [0.1, 0.15) is 11.3 Å². The van der Waals surface area contributed by atoms with Crippen LogP contribution < -0.4 is 10.2 Å². The van der Waals surface area contributed by atoms with Crippen LogP contribution in [0.5, 0.6) is 0 Å². The van der Waals surface area contributed by atoms with E-state index in [4.69, 9.17) is 21.4 Å². The van der Waals surface area contributed by atoms with Crippen LogP contribution in [0.3, 0.4) is 0 Å². The molecule has 7 nitrogen and oxygen atoms in total. The van der Waals surface area contributed by atoms with Gasteiger partial charge in [-0.2, -0.15) is 0 Å². The Balaban J connectivity index is 1.54. The maximum atomic E-state index is 12.8. The van der Waals surface area contributed by atoms with Gasteiger partial charge in [-0.05, 0) is 48.1 Å². The number of anilines is 1. The van der Waals surface area contributed by atoms with E-state index >= 15 is 0 Å². The summed E-state index contributed by atoms with van der Waals surface area (Å²) in [7, 11) is 0. The summed E-state index contributed by atoms with van der Waals surface area (Å²) in [5.74, 6) is -0.355. The molecule has 0 atom stereocenters. The molecule has 4 rings (SSSR count). The number of carbonyl (C=O) groups is 2. The van der Waals surface area contributed by atoms with E-state index in [-0.39, 0.29) is 17.2 Å². The Hall–Kier alpha value is -2.97. The summed E-state index contributed by atoms with van der Waals surface area (Å²) in [4.78, 5) is 28.7. The first-order valence-electron chi connectivity index (χ1n) is 8.96. The molecule has 28 heavy (non-hydrogen) atoms. The second kappa shape index (κ2) is 7.95. The van der Waals surface area contributed by atoms with Crippen molar-refractivity contribution in [2.24, 2.45) is 0 Å². The summed E-state index contributed by atoms with van der Waals surface area (Å²) < 4.78 is 10.7. The summed E-state index contributed by atoms with van der Waals surface area (Å²) in [6.45, 7) is 3.29. The van der Waals surface area contributed by atoms with E-state index < -0.39 is 11.8 Å². The predicted molar refractivity (Wildman–Crippen MR) is 107 cm³/mol. The number of thiocarbonyl (C=S) groups is 1. The third-order valence-electron chi connectivity index (χ3n) is 4.66. The zero-order valence-corrected chi connectivity index (χ0v) is 15.9. The molecule has 1 N–H and O–H groups in total. The molecule has 0 unspecified atom stereocenters. The summed E-state index contributed by atoms with van der Waals surface area (Å²) in [6.07, 6.45) is 3.11. The molecule has 0 aliphatic carbocycles. The third-order valence-corrected chi connectivity index (χ3v) is 4.98. The van der Waals surface area contributed by atoms with E-state index in [1.54, 1.807) is 18.2 Å². The van der Waals surface area contributed by atoms with E-state index in [1.165, 1.54) is 11.2 Å². The molecule has 3 heterocycles. The van der Waals surface area contributed by atoms with Gasteiger partial charge in [0.2, 0.25) is 0 Å². The molecule has 1 aromatic heterocycles. The second-order valence-electron chi connectivity index (χ2n) is 6.48. The van der Waals surface area contributed by atoms with Gasteiger partial charge < -0.3 is 14.1 Å². The van der Waals surface area contributed by atoms with Crippen LogP contribution in [0.4, 0.5) is 5.69 Å². The molecule has 2 aromatic rings. The minimum atomic E-state index is -0.497. The zero-order valence-electron chi connectivity index (χ0n) is 15.1. The summed E-state index contributed by atoms with van der Waals surface area (Å²) >= 11 is 5.15. The molecule has 8 heteroatoms. The lowest BCUT2D eigenvalue weighted by atomic mass is 10.1. The summed E-state index contributed by atoms with van der Waals surface area (Å²) in [5.41, 5.74) is 1.89. The number of nitrogens with zero attached hydrogens (tertiary/aromatic N) is 2. The van der Waals surface area contributed by atoms with Gasteiger partial charge in [0.05, 0.1) is 26.0 Å². The Morgan fingerprint density at radius 3 is 2.54 bits per heavy atom. The second-order valence-corrected chi connectivity index (χ2v) is 6.87. The van der Waals surface area contributed by atoms with E-state index in [0.29, 0.717) is 19.0 Å². The molecule has 0 saturated carbocycles. The Morgan fingerprint density at radius 1 is 1.11 bits per heavy atom. The van der Waals surface area contributed by atoms with Gasteiger partial charge in [-0.3, -0.25) is 19.8 Å². The van der Waals surface area contributed by atoms with E-state index in [1.807, 2.05) is 24.3 Å². The van der Waals surface area contributed by atoms with Crippen LogP contribution in [-0.4, -0.2) is 48.1 Å². The van der Waals surface area contributed by atoms with Gasteiger partial charge in [0.15, 0.2) is 5.11 Å². The SMILES string of the molecule is O=C1NC(=S)N(Cc2ccco2)C(=O)C1=Cc1ccc(N2CCOCC2)cc1. The average Bonchev–Trinajstić information content (AvgIpc) is 3.23. The molecule has 1 aromatic carbocycles. The fourth-order valence-corrected chi connectivity index (χ4v) is 3.41. The normalized spacial score (nSPS) is 19.3. The first kappa shape index (κ1) is 18.4.